The van der Waals surface area contributed by atoms with Gasteiger partial charge in [-0.2, -0.15) is 18.3 Å². The van der Waals surface area contributed by atoms with Gasteiger partial charge in [0.2, 0.25) is 0 Å². The average Bonchev–Trinajstić information content (AvgIpc) is 3.47. The van der Waals surface area contributed by atoms with Crippen LogP contribution in [0, 0.1) is 0 Å². The topological polar surface area (TPSA) is 155 Å². The summed E-state index contributed by atoms with van der Waals surface area (Å²) in [6, 6.07) is 4.03. The Balaban J connectivity index is 1.86. The first kappa shape index (κ1) is 32.3. The summed E-state index contributed by atoms with van der Waals surface area (Å²) in [6.45, 7) is 12.2. The summed E-state index contributed by atoms with van der Waals surface area (Å²) < 4.78 is 51.6. The van der Waals surface area contributed by atoms with Crippen LogP contribution in [0.25, 0.3) is 11.3 Å². The van der Waals surface area contributed by atoms with Crippen molar-refractivity contribution in [2.24, 2.45) is 5.73 Å². The molecular weight excluding hydrogens is 557 g/mol. The number of nitrogens with one attached hydrogen (secondary N) is 1. The molecule has 3 rings (SSSR count). The van der Waals surface area contributed by atoms with Gasteiger partial charge in [-0.3, -0.25) is 19.9 Å². The number of amides is 2. The highest BCUT2D eigenvalue weighted by atomic mass is 19.4. The summed E-state index contributed by atoms with van der Waals surface area (Å²) in [5.74, 6) is -2.24. The fourth-order valence-corrected chi connectivity index (χ4v) is 3.89. The normalized spacial score (nSPS) is 13.2. The van der Waals surface area contributed by atoms with Crippen molar-refractivity contribution >= 4 is 23.6 Å². The Hall–Kier alpha value is -4.23. The molecule has 14 heteroatoms. The highest BCUT2D eigenvalue weighted by molar-refractivity contribution is 6.06. The number of alkyl halides is 3. The highest BCUT2D eigenvalue weighted by Gasteiger charge is 2.51. The van der Waals surface area contributed by atoms with Crippen molar-refractivity contribution in [3.05, 3.63) is 47.1 Å². The van der Waals surface area contributed by atoms with Crippen molar-refractivity contribution in [3.63, 3.8) is 0 Å². The zero-order valence-electron chi connectivity index (χ0n) is 24.7. The van der Waals surface area contributed by atoms with Gasteiger partial charge in [0, 0.05) is 23.9 Å². The van der Waals surface area contributed by atoms with E-state index >= 15 is 0 Å². The lowest BCUT2D eigenvalue weighted by molar-refractivity contribution is -0.185. The maximum Gasteiger partial charge on any atom is 0.413 e. The summed E-state index contributed by atoms with van der Waals surface area (Å²) in [5, 5.41) is 10.7. The van der Waals surface area contributed by atoms with E-state index < -0.39 is 35.1 Å². The first-order valence-electron chi connectivity index (χ1n) is 13.2. The van der Waals surface area contributed by atoms with Crippen molar-refractivity contribution in [2.75, 3.05) is 5.32 Å². The Morgan fingerprint density at radius 3 is 2.24 bits per heavy atom. The van der Waals surface area contributed by atoms with Crippen LogP contribution in [0.5, 0.6) is 0 Å². The summed E-state index contributed by atoms with van der Waals surface area (Å²) in [4.78, 5) is 42.3. The van der Waals surface area contributed by atoms with Gasteiger partial charge in [0.05, 0.1) is 23.7 Å². The zero-order valence-corrected chi connectivity index (χ0v) is 24.7. The molecule has 1 unspecified atom stereocenters. The van der Waals surface area contributed by atoms with Gasteiger partial charge in [-0.1, -0.05) is 5.16 Å². The summed E-state index contributed by atoms with van der Waals surface area (Å²) >= 11 is 0. The van der Waals surface area contributed by atoms with E-state index in [9.17, 15) is 27.6 Å². The number of hydrogen-bond donors (Lipinski definition) is 2. The molecule has 0 spiro atoms. The third kappa shape index (κ3) is 6.97. The summed E-state index contributed by atoms with van der Waals surface area (Å²) in [5.41, 5.74) is 3.61. The van der Waals surface area contributed by atoms with Gasteiger partial charge in [-0.05, 0) is 67.5 Å². The molecule has 3 N–H and O–H groups in total. The minimum Gasteiger partial charge on any atom is -0.444 e. The highest BCUT2D eigenvalue weighted by Crippen LogP contribution is 2.40. The van der Waals surface area contributed by atoms with E-state index in [2.05, 4.69) is 20.6 Å². The van der Waals surface area contributed by atoms with Crippen LogP contribution < -0.4 is 11.1 Å². The van der Waals surface area contributed by atoms with Crippen LogP contribution in [0.2, 0.25) is 0 Å². The number of nitrogens with two attached hydrogens (primary N) is 1. The van der Waals surface area contributed by atoms with E-state index in [0.717, 1.165) is 19.9 Å². The molecule has 0 aromatic carbocycles. The Morgan fingerprint density at radius 1 is 1.10 bits per heavy atom. The lowest BCUT2D eigenvalue weighted by Crippen LogP contribution is -2.35. The average molecular weight is 593 g/mol. The number of Topliss-reactive ketones (excluding diaryl/α,β-unsaturated/α-hetero) is 1. The van der Waals surface area contributed by atoms with E-state index in [1.807, 2.05) is 0 Å². The second-order valence-corrected chi connectivity index (χ2v) is 11.7. The molecule has 0 saturated carbocycles. The largest absolute Gasteiger partial charge is 0.444 e. The molecule has 0 aliphatic heterocycles. The van der Waals surface area contributed by atoms with E-state index in [0.29, 0.717) is 11.3 Å². The van der Waals surface area contributed by atoms with Crippen molar-refractivity contribution in [1.29, 1.82) is 0 Å². The molecule has 42 heavy (non-hydrogen) atoms. The maximum atomic E-state index is 13.3. The van der Waals surface area contributed by atoms with Crippen LogP contribution in [-0.4, -0.2) is 49.5 Å². The van der Waals surface area contributed by atoms with E-state index in [1.54, 1.807) is 53.7 Å². The fourth-order valence-electron chi connectivity index (χ4n) is 3.89. The molecule has 0 fully saturated rings. The third-order valence-electron chi connectivity index (χ3n) is 6.49. The number of ether oxygens (including phenoxy) is 1. The van der Waals surface area contributed by atoms with E-state index in [-0.39, 0.29) is 46.8 Å². The van der Waals surface area contributed by atoms with E-state index in [1.165, 1.54) is 10.9 Å². The molecule has 1 atom stereocenters. The van der Waals surface area contributed by atoms with Crippen molar-refractivity contribution in [3.8, 4) is 11.3 Å². The molecule has 0 bridgehead atoms. The molecule has 3 aromatic heterocycles. The Morgan fingerprint density at radius 2 is 1.74 bits per heavy atom. The fraction of sp³-hybridized carbons (Fsp3) is 0.500. The SMILES string of the molecule is CC(C(=O)Cc1cc(C(C)(C)C(F)(F)F)on1)c1ccc(-c2nn(C(C)C)c(NC(=O)OC(C)(C)C)c2C(N)=O)cn1. The quantitative estimate of drug-likeness (QED) is 0.320. The van der Waals surface area contributed by atoms with Gasteiger partial charge >= 0.3 is 12.3 Å². The zero-order chi connectivity index (χ0) is 31.8. The van der Waals surface area contributed by atoms with Crippen LogP contribution in [0.1, 0.15) is 94.9 Å². The molecule has 3 heterocycles. The smallest absolute Gasteiger partial charge is 0.413 e. The van der Waals surface area contributed by atoms with Crippen molar-refractivity contribution in [1.82, 2.24) is 19.9 Å². The number of ketones is 1. The Labute approximate surface area is 241 Å². The predicted molar refractivity (Wildman–Crippen MR) is 147 cm³/mol. The number of nitrogens with zero attached hydrogens (tertiary/aromatic N) is 4. The molecule has 2 amide bonds. The van der Waals surface area contributed by atoms with Crippen LogP contribution in [0.15, 0.2) is 28.9 Å². The minimum atomic E-state index is -4.56. The molecule has 3 aromatic rings. The van der Waals surface area contributed by atoms with Gasteiger partial charge in [-0.15, -0.1) is 0 Å². The van der Waals surface area contributed by atoms with Gasteiger partial charge < -0.3 is 15.0 Å². The first-order chi connectivity index (χ1) is 19.2. The van der Waals surface area contributed by atoms with Gasteiger partial charge in [0.15, 0.2) is 5.76 Å². The molecule has 0 aliphatic rings. The van der Waals surface area contributed by atoms with Crippen LogP contribution >= 0.6 is 0 Å². The van der Waals surface area contributed by atoms with Crippen LogP contribution in [0.4, 0.5) is 23.8 Å². The number of hydrogen-bond acceptors (Lipinski definition) is 8. The summed E-state index contributed by atoms with van der Waals surface area (Å²) in [7, 11) is 0. The molecule has 0 saturated heterocycles. The molecular formula is C28H35F3N6O5. The monoisotopic (exact) mass is 592 g/mol. The minimum absolute atomic E-state index is 0.0446. The Kier molecular flexibility index (Phi) is 8.89. The molecule has 0 radical (unpaired) electrons. The van der Waals surface area contributed by atoms with Crippen molar-refractivity contribution in [2.45, 2.75) is 91.0 Å². The lowest BCUT2D eigenvalue weighted by Gasteiger charge is -2.24. The Bertz CT molecular complexity index is 1470. The first-order valence-corrected chi connectivity index (χ1v) is 13.2. The second-order valence-electron chi connectivity index (χ2n) is 11.7. The second kappa shape index (κ2) is 11.6. The van der Waals surface area contributed by atoms with Crippen LogP contribution in [0.3, 0.4) is 0 Å². The number of primary amides is 1. The predicted octanol–water partition coefficient (Wildman–Crippen LogP) is 5.72. The third-order valence-corrected chi connectivity index (χ3v) is 6.49. The van der Waals surface area contributed by atoms with Gasteiger partial charge in [0.25, 0.3) is 5.91 Å². The van der Waals surface area contributed by atoms with Crippen LogP contribution in [-0.2, 0) is 21.4 Å². The number of rotatable bonds is 9. The maximum absolute atomic E-state index is 13.3. The molecule has 11 nitrogen and oxygen atoms in total. The van der Waals surface area contributed by atoms with Crippen molar-refractivity contribution < 1.29 is 36.8 Å². The lowest BCUT2D eigenvalue weighted by atomic mass is 9.89. The standard InChI is InChI=1S/C28H35F3N6O5/c1-14(2)37-24(34-25(40)41-26(4,5)6)21(23(32)39)22(35-37)16-9-10-18(33-13-16)15(3)19(38)11-17-12-20(42-36-17)27(7,8)28(29,30)31/h9-10,12-15H,11H2,1-8H3,(H2,32,39)(H,34,40). The number of anilines is 1. The molecule has 0 aliphatic carbocycles. The van der Waals surface area contributed by atoms with E-state index in [4.69, 9.17) is 15.0 Å². The van der Waals surface area contributed by atoms with Gasteiger partial charge in [-0.25, -0.2) is 9.48 Å². The number of pyridine rings is 1. The molecule has 228 valence electrons. The number of aromatic nitrogens is 4. The number of carbonyl (C=O) groups is 3. The number of halogens is 3. The number of carbonyl (C=O) groups excluding carboxylic acids is 3. The summed E-state index contributed by atoms with van der Waals surface area (Å²) in [6.07, 6.45) is -4.19. The van der Waals surface area contributed by atoms with Gasteiger partial charge in [0.1, 0.15) is 33.9 Å².